The van der Waals surface area contributed by atoms with Crippen LogP contribution in [0.5, 0.6) is 0 Å². The molecule has 0 bridgehead atoms. The third kappa shape index (κ3) is 7.02. The largest absolute Gasteiger partial charge is 0.497 e. The van der Waals surface area contributed by atoms with E-state index < -0.39 is 0 Å². The number of allylic oxidation sites excluding steroid dienone is 2. The zero-order valence-corrected chi connectivity index (χ0v) is 5.55. The summed E-state index contributed by atoms with van der Waals surface area (Å²) >= 11 is 0. The minimum absolute atomic E-state index is 0.577. The standard InChI is InChI=1S/C8H12O/c1-3-5-6-8-9-7-4-2/h3-4,6,8H,1-2,5,7H2/b8-6+. The molecular formula is C8H12O. The molecule has 50 valence electrons. The number of ether oxygens (including phenoxy) is 1. The molecule has 0 saturated carbocycles. The third-order valence-electron chi connectivity index (χ3n) is 0.709. The summed E-state index contributed by atoms with van der Waals surface area (Å²) < 4.78 is 4.94. The molecule has 0 unspecified atom stereocenters. The predicted octanol–water partition coefficient (Wildman–Crippen LogP) is 2.28. The summed E-state index contributed by atoms with van der Waals surface area (Å²) in [6, 6.07) is 0. The summed E-state index contributed by atoms with van der Waals surface area (Å²) in [5.41, 5.74) is 0. The Balaban J connectivity index is 3.03. The van der Waals surface area contributed by atoms with E-state index in [2.05, 4.69) is 13.2 Å². The maximum absolute atomic E-state index is 4.94. The highest BCUT2D eigenvalue weighted by atomic mass is 16.5. The van der Waals surface area contributed by atoms with Crippen LogP contribution in [0, 0.1) is 0 Å². The number of hydrogen-bond donors (Lipinski definition) is 0. The zero-order chi connectivity index (χ0) is 6.95. The molecular weight excluding hydrogens is 112 g/mol. The maximum Gasteiger partial charge on any atom is 0.105 e. The number of rotatable bonds is 5. The lowest BCUT2D eigenvalue weighted by Gasteiger charge is -1.90. The molecule has 0 amide bonds. The van der Waals surface area contributed by atoms with Gasteiger partial charge in [-0.3, -0.25) is 0 Å². The summed E-state index contributed by atoms with van der Waals surface area (Å²) in [5.74, 6) is 0. The molecule has 1 nitrogen and oxygen atoms in total. The van der Waals surface area contributed by atoms with Crippen molar-refractivity contribution >= 4 is 0 Å². The van der Waals surface area contributed by atoms with Gasteiger partial charge in [-0.25, -0.2) is 0 Å². The van der Waals surface area contributed by atoms with Gasteiger partial charge in [-0.05, 0) is 12.5 Å². The van der Waals surface area contributed by atoms with Crippen LogP contribution < -0.4 is 0 Å². The molecule has 0 aliphatic heterocycles. The zero-order valence-electron chi connectivity index (χ0n) is 5.55. The normalized spacial score (nSPS) is 9.33. The molecule has 0 heterocycles. The Morgan fingerprint density at radius 1 is 1.22 bits per heavy atom. The highest BCUT2D eigenvalue weighted by Crippen LogP contribution is 1.83. The van der Waals surface area contributed by atoms with Crippen molar-refractivity contribution in [3.05, 3.63) is 37.6 Å². The van der Waals surface area contributed by atoms with Crippen molar-refractivity contribution in [2.45, 2.75) is 6.42 Å². The van der Waals surface area contributed by atoms with Gasteiger partial charge in [0, 0.05) is 0 Å². The Morgan fingerprint density at radius 3 is 2.56 bits per heavy atom. The van der Waals surface area contributed by atoms with Gasteiger partial charge in [0.1, 0.15) is 6.61 Å². The van der Waals surface area contributed by atoms with E-state index in [0.29, 0.717) is 6.61 Å². The fourth-order valence-electron chi connectivity index (χ4n) is 0.343. The van der Waals surface area contributed by atoms with Crippen LogP contribution in [0.2, 0.25) is 0 Å². The van der Waals surface area contributed by atoms with Crippen LogP contribution in [0.25, 0.3) is 0 Å². The van der Waals surface area contributed by atoms with E-state index >= 15 is 0 Å². The molecule has 9 heavy (non-hydrogen) atoms. The molecule has 0 aromatic carbocycles. The lowest BCUT2D eigenvalue weighted by molar-refractivity contribution is 0.289. The monoisotopic (exact) mass is 124 g/mol. The first-order valence-electron chi connectivity index (χ1n) is 2.90. The average molecular weight is 124 g/mol. The second kappa shape index (κ2) is 7.02. The summed E-state index contributed by atoms with van der Waals surface area (Å²) in [7, 11) is 0. The lowest BCUT2D eigenvalue weighted by Crippen LogP contribution is -1.77. The van der Waals surface area contributed by atoms with Crippen molar-refractivity contribution in [3.63, 3.8) is 0 Å². The minimum Gasteiger partial charge on any atom is -0.497 e. The third-order valence-corrected chi connectivity index (χ3v) is 0.709. The van der Waals surface area contributed by atoms with Crippen molar-refractivity contribution in [2.24, 2.45) is 0 Å². The molecule has 0 aromatic rings. The first-order chi connectivity index (χ1) is 4.41. The van der Waals surface area contributed by atoms with Gasteiger partial charge in [-0.1, -0.05) is 18.7 Å². The highest BCUT2D eigenvalue weighted by molar-refractivity contribution is 4.83. The van der Waals surface area contributed by atoms with Gasteiger partial charge in [-0.15, -0.1) is 6.58 Å². The Labute approximate surface area is 56.3 Å². The maximum atomic E-state index is 4.94. The summed E-state index contributed by atoms with van der Waals surface area (Å²) in [6.45, 7) is 7.63. The van der Waals surface area contributed by atoms with E-state index in [1.54, 1.807) is 12.3 Å². The molecule has 0 saturated heterocycles. The van der Waals surface area contributed by atoms with Crippen molar-refractivity contribution in [1.82, 2.24) is 0 Å². The van der Waals surface area contributed by atoms with E-state index in [1.165, 1.54) is 0 Å². The van der Waals surface area contributed by atoms with Crippen molar-refractivity contribution < 1.29 is 4.74 Å². The second-order valence-corrected chi connectivity index (χ2v) is 1.52. The lowest BCUT2D eigenvalue weighted by atomic mass is 10.4. The van der Waals surface area contributed by atoms with Crippen molar-refractivity contribution in [1.29, 1.82) is 0 Å². The summed E-state index contributed by atoms with van der Waals surface area (Å²) in [4.78, 5) is 0. The van der Waals surface area contributed by atoms with E-state index in [4.69, 9.17) is 4.74 Å². The van der Waals surface area contributed by atoms with Crippen molar-refractivity contribution in [3.8, 4) is 0 Å². The van der Waals surface area contributed by atoms with E-state index in [-0.39, 0.29) is 0 Å². The second-order valence-electron chi connectivity index (χ2n) is 1.52. The number of hydrogen-bond acceptors (Lipinski definition) is 1. The minimum atomic E-state index is 0.577. The van der Waals surface area contributed by atoms with Gasteiger partial charge < -0.3 is 4.74 Å². The highest BCUT2D eigenvalue weighted by Gasteiger charge is 1.69. The quantitative estimate of drug-likeness (QED) is 0.310. The smallest absolute Gasteiger partial charge is 0.105 e. The van der Waals surface area contributed by atoms with Crippen LogP contribution >= 0.6 is 0 Å². The molecule has 0 spiro atoms. The van der Waals surface area contributed by atoms with Gasteiger partial charge >= 0.3 is 0 Å². The van der Waals surface area contributed by atoms with Gasteiger partial charge in [0.2, 0.25) is 0 Å². The molecule has 0 radical (unpaired) electrons. The molecule has 1 heteroatoms. The Kier molecular flexibility index (Phi) is 6.26. The molecule has 0 aromatic heterocycles. The Morgan fingerprint density at radius 2 is 2.00 bits per heavy atom. The van der Waals surface area contributed by atoms with E-state index in [0.717, 1.165) is 6.42 Å². The van der Waals surface area contributed by atoms with Gasteiger partial charge in [-0.2, -0.15) is 0 Å². The van der Waals surface area contributed by atoms with E-state index in [1.807, 2.05) is 12.2 Å². The van der Waals surface area contributed by atoms with Crippen LogP contribution in [0.1, 0.15) is 6.42 Å². The molecule has 0 fully saturated rings. The molecule has 0 rings (SSSR count). The molecule has 0 aliphatic carbocycles. The molecule has 0 N–H and O–H groups in total. The summed E-state index contributed by atoms with van der Waals surface area (Å²) in [6.07, 6.45) is 7.93. The van der Waals surface area contributed by atoms with Crippen LogP contribution in [0.15, 0.2) is 37.6 Å². The first-order valence-corrected chi connectivity index (χ1v) is 2.90. The van der Waals surface area contributed by atoms with E-state index in [9.17, 15) is 0 Å². The fourth-order valence-corrected chi connectivity index (χ4v) is 0.343. The van der Waals surface area contributed by atoms with Gasteiger partial charge in [0.05, 0.1) is 6.26 Å². The Bertz CT molecular complexity index is 103. The first kappa shape index (κ1) is 8.02. The van der Waals surface area contributed by atoms with Crippen LogP contribution in [-0.2, 0) is 4.74 Å². The summed E-state index contributed by atoms with van der Waals surface area (Å²) in [5, 5.41) is 0. The topological polar surface area (TPSA) is 9.23 Å². The van der Waals surface area contributed by atoms with Gasteiger partial charge in [0.15, 0.2) is 0 Å². The van der Waals surface area contributed by atoms with Crippen LogP contribution in [-0.4, -0.2) is 6.61 Å². The molecule has 0 aliphatic rings. The fraction of sp³-hybridized carbons (Fsp3) is 0.250. The molecule has 0 atom stereocenters. The van der Waals surface area contributed by atoms with Crippen molar-refractivity contribution in [2.75, 3.05) is 6.61 Å². The SMILES string of the molecule is C=CC/C=C/OCC=C. The average Bonchev–Trinajstić information content (AvgIpc) is 1.89. The van der Waals surface area contributed by atoms with Crippen LogP contribution in [0.4, 0.5) is 0 Å². The predicted molar refractivity (Wildman–Crippen MR) is 40.1 cm³/mol. The Hall–Kier alpha value is -0.980. The van der Waals surface area contributed by atoms with Gasteiger partial charge in [0.25, 0.3) is 0 Å². The van der Waals surface area contributed by atoms with Crippen LogP contribution in [0.3, 0.4) is 0 Å².